The zero-order valence-corrected chi connectivity index (χ0v) is 19.3. The summed E-state index contributed by atoms with van der Waals surface area (Å²) in [5.41, 5.74) is 10.7. The van der Waals surface area contributed by atoms with Gasteiger partial charge in [0, 0.05) is 63.4 Å². The maximum atomic E-state index is 13.0. The summed E-state index contributed by atoms with van der Waals surface area (Å²) in [5, 5.41) is 11.3. The summed E-state index contributed by atoms with van der Waals surface area (Å²) in [5.74, 6) is 0.794. The van der Waals surface area contributed by atoms with Crippen LogP contribution >= 0.6 is 0 Å². The SMILES string of the molecule is COc1cc(N)nc(C)c1CNC(=O)c1ccc2c(c1)c1oc2c2ccc(Cn3cccn3)cc21. The highest BCUT2D eigenvalue weighted by molar-refractivity contribution is 6.25. The van der Waals surface area contributed by atoms with Gasteiger partial charge in [0.1, 0.15) is 22.7 Å². The molecular weight excluding hydrogens is 442 g/mol. The largest absolute Gasteiger partial charge is 0.496 e. The molecule has 4 heterocycles. The lowest BCUT2D eigenvalue weighted by atomic mass is 10.00. The van der Waals surface area contributed by atoms with Crippen molar-refractivity contribution in [3.8, 4) is 5.75 Å². The summed E-state index contributed by atoms with van der Waals surface area (Å²) < 4.78 is 13.5. The molecule has 6 rings (SSSR count). The van der Waals surface area contributed by atoms with E-state index in [1.165, 1.54) is 0 Å². The highest BCUT2D eigenvalue weighted by Crippen LogP contribution is 2.41. The number of anilines is 1. The van der Waals surface area contributed by atoms with Gasteiger partial charge in [0.05, 0.1) is 13.7 Å². The monoisotopic (exact) mass is 465 g/mol. The number of hydrogen-bond donors (Lipinski definition) is 2. The van der Waals surface area contributed by atoms with E-state index in [1.54, 1.807) is 19.4 Å². The molecule has 2 bridgehead atoms. The number of nitrogen functional groups attached to an aromatic ring is 1. The van der Waals surface area contributed by atoms with Crippen LogP contribution in [0.5, 0.6) is 5.75 Å². The minimum atomic E-state index is -0.188. The van der Waals surface area contributed by atoms with Crippen LogP contribution in [-0.2, 0) is 13.1 Å². The lowest BCUT2D eigenvalue weighted by molar-refractivity contribution is 0.0950. The number of aromatic nitrogens is 3. The van der Waals surface area contributed by atoms with Crippen LogP contribution in [0.15, 0.2) is 65.3 Å². The Morgan fingerprint density at radius 2 is 1.86 bits per heavy atom. The molecule has 0 radical (unpaired) electrons. The fraction of sp³-hybridized carbons (Fsp3) is 0.148. The van der Waals surface area contributed by atoms with E-state index in [1.807, 2.05) is 42.1 Å². The van der Waals surface area contributed by atoms with Crippen LogP contribution in [0.1, 0.15) is 27.2 Å². The van der Waals surface area contributed by atoms with Crippen molar-refractivity contribution < 1.29 is 13.9 Å². The van der Waals surface area contributed by atoms with E-state index in [9.17, 15) is 4.79 Å². The van der Waals surface area contributed by atoms with E-state index in [0.717, 1.165) is 49.5 Å². The first kappa shape index (κ1) is 21.0. The first-order chi connectivity index (χ1) is 17.0. The Kier molecular flexibility index (Phi) is 4.81. The Hall–Kier alpha value is -4.59. The number of ether oxygens (including phenoxy) is 1. The number of carbonyl (C=O) groups is 1. The molecule has 6 aromatic rings. The quantitative estimate of drug-likeness (QED) is 0.347. The smallest absolute Gasteiger partial charge is 0.251 e. The number of furan rings is 2. The van der Waals surface area contributed by atoms with Gasteiger partial charge >= 0.3 is 0 Å². The van der Waals surface area contributed by atoms with E-state index < -0.39 is 0 Å². The summed E-state index contributed by atoms with van der Waals surface area (Å²) in [4.78, 5) is 17.3. The summed E-state index contributed by atoms with van der Waals surface area (Å²) in [6, 6.07) is 15.6. The maximum absolute atomic E-state index is 13.0. The molecule has 8 heteroatoms. The average molecular weight is 466 g/mol. The van der Waals surface area contributed by atoms with E-state index in [2.05, 4.69) is 33.6 Å². The fourth-order valence-corrected chi connectivity index (χ4v) is 4.70. The summed E-state index contributed by atoms with van der Waals surface area (Å²) >= 11 is 0. The van der Waals surface area contributed by atoms with E-state index >= 15 is 0 Å². The van der Waals surface area contributed by atoms with Crippen molar-refractivity contribution in [2.75, 3.05) is 12.8 Å². The third-order valence-corrected chi connectivity index (χ3v) is 6.41. The second-order valence-electron chi connectivity index (χ2n) is 8.60. The Bertz CT molecular complexity index is 1700. The van der Waals surface area contributed by atoms with Crippen molar-refractivity contribution in [2.24, 2.45) is 0 Å². The Morgan fingerprint density at radius 3 is 2.63 bits per heavy atom. The van der Waals surface area contributed by atoms with Gasteiger partial charge in [0.15, 0.2) is 0 Å². The lowest BCUT2D eigenvalue weighted by Crippen LogP contribution is -2.23. The predicted octanol–water partition coefficient (Wildman–Crippen LogP) is 4.65. The molecule has 174 valence electrons. The van der Waals surface area contributed by atoms with Crippen LogP contribution in [0.3, 0.4) is 0 Å². The normalized spacial score (nSPS) is 11.6. The number of fused-ring (bicyclic) bond motifs is 8. The van der Waals surface area contributed by atoms with Gasteiger partial charge in [-0.15, -0.1) is 0 Å². The second kappa shape index (κ2) is 8.02. The van der Waals surface area contributed by atoms with Gasteiger partial charge in [-0.25, -0.2) is 4.98 Å². The minimum Gasteiger partial charge on any atom is -0.496 e. The van der Waals surface area contributed by atoms with Gasteiger partial charge in [-0.3, -0.25) is 9.48 Å². The number of aryl methyl sites for hydroxylation is 1. The van der Waals surface area contributed by atoms with Crippen molar-refractivity contribution in [1.29, 1.82) is 0 Å². The molecular formula is C27H23N5O3. The van der Waals surface area contributed by atoms with Crippen molar-refractivity contribution in [2.45, 2.75) is 20.0 Å². The fourth-order valence-electron chi connectivity index (χ4n) is 4.70. The molecule has 1 amide bonds. The number of amides is 1. The molecule has 0 aliphatic rings. The van der Waals surface area contributed by atoms with E-state index in [0.29, 0.717) is 23.7 Å². The van der Waals surface area contributed by atoms with Crippen LogP contribution in [0.25, 0.3) is 32.7 Å². The maximum Gasteiger partial charge on any atom is 0.251 e. The summed E-state index contributed by atoms with van der Waals surface area (Å²) in [7, 11) is 1.57. The summed E-state index contributed by atoms with van der Waals surface area (Å²) in [6.45, 7) is 2.80. The Balaban J connectivity index is 1.31. The van der Waals surface area contributed by atoms with Gasteiger partial charge in [0.25, 0.3) is 5.91 Å². The molecule has 0 saturated carbocycles. The third-order valence-electron chi connectivity index (χ3n) is 6.41. The molecule has 0 aliphatic heterocycles. The molecule has 0 spiro atoms. The van der Waals surface area contributed by atoms with Crippen LogP contribution < -0.4 is 15.8 Å². The van der Waals surface area contributed by atoms with Crippen molar-refractivity contribution >= 4 is 44.4 Å². The predicted molar refractivity (Wildman–Crippen MR) is 135 cm³/mol. The van der Waals surface area contributed by atoms with Gasteiger partial charge in [0.2, 0.25) is 0 Å². The van der Waals surface area contributed by atoms with Gasteiger partial charge in [-0.2, -0.15) is 5.10 Å². The van der Waals surface area contributed by atoms with E-state index in [-0.39, 0.29) is 12.5 Å². The van der Waals surface area contributed by atoms with Gasteiger partial charge in [-0.1, -0.05) is 12.1 Å². The summed E-state index contributed by atoms with van der Waals surface area (Å²) in [6.07, 6.45) is 3.71. The topological polar surface area (TPSA) is 108 Å². The number of carbonyl (C=O) groups excluding carboxylic acids is 1. The number of pyridine rings is 1. The lowest BCUT2D eigenvalue weighted by Gasteiger charge is -2.13. The highest BCUT2D eigenvalue weighted by atomic mass is 16.5. The first-order valence-electron chi connectivity index (χ1n) is 11.3. The van der Waals surface area contributed by atoms with Crippen LogP contribution in [0, 0.1) is 6.92 Å². The van der Waals surface area contributed by atoms with Crippen LogP contribution in [0.2, 0.25) is 0 Å². The van der Waals surface area contributed by atoms with E-state index in [4.69, 9.17) is 14.9 Å². The second-order valence-corrected chi connectivity index (χ2v) is 8.60. The molecule has 2 aromatic carbocycles. The zero-order valence-electron chi connectivity index (χ0n) is 19.3. The molecule has 4 aromatic heterocycles. The molecule has 0 fully saturated rings. The molecule has 0 aliphatic carbocycles. The molecule has 0 unspecified atom stereocenters. The van der Waals surface area contributed by atoms with Crippen molar-refractivity contribution in [1.82, 2.24) is 20.1 Å². The first-order valence-corrected chi connectivity index (χ1v) is 11.3. The van der Waals surface area contributed by atoms with Crippen molar-refractivity contribution in [3.05, 3.63) is 83.3 Å². The molecule has 0 atom stereocenters. The number of methoxy groups -OCH3 is 1. The number of nitrogens with one attached hydrogen (secondary N) is 1. The Labute approximate surface area is 200 Å². The van der Waals surface area contributed by atoms with Gasteiger partial charge in [-0.05, 0) is 42.8 Å². The molecule has 35 heavy (non-hydrogen) atoms. The number of benzene rings is 3. The highest BCUT2D eigenvalue weighted by Gasteiger charge is 2.19. The van der Waals surface area contributed by atoms with Gasteiger partial charge < -0.3 is 20.2 Å². The Morgan fingerprint density at radius 1 is 1.09 bits per heavy atom. The van der Waals surface area contributed by atoms with Crippen LogP contribution in [-0.4, -0.2) is 27.8 Å². The molecule has 3 N–H and O–H groups in total. The number of hydrogen-bond acceptors (Lipinski definition) is 6. The number of rotatable bonds is 6. The zero-order chi connectivity index (χ0) is 24.1. The number of nitrogens with two attached hydrogens (primary N) is 1. The average Bonchev–Trinajstić information content (AvgIpc) is 3.59. The minimum absolute atomic E-state index is 0.188. The standard InChI is InChI=1S/C27H23N5O3/c1-15-22(23(34-2)12-24(28)31-15)13-29-27(33)17-5-7-19-21(11-17)26-20-10-16(14-32-9-3-8-30-32)4-6-18(20)25(19)35-26/h3-12H,13-14H2,1-2H3,(H2,28,31)(H,29,33). The van der Waals surface area contributed by atoms with Crippen molar-refractivity contribution in [3.63, 3.8) is 0 Å². The van der Waals surface area contributed by atoms with Crippen LogP contribution in [0.4, 0.5) is 5.82 Å². The third kappa shape index (κ3) is 3.50. The molecule has 0 saturated heterocycles. The number of nitrogens with zero attached hydrogens (tertiary/aromatic N) is 3. The molecule has 8 nitrogen and oxygen atoms in total.